The zero-order valence-electron chi connectivity index (χ0n) is 10.2. The molecule has 94 valence electrons. The molecule has 2 rings (SSSR count). The van der Waals surface area contributed by atoms with Crippen molar-refractivity contribution in [1.82, 2.24) is 5.32 Å². The van der Waals surface area contributed by atoms with Gasteiger partial charge in [0.15, 0.2) is 0 Å². The summed E-state index contributed by atoms with van der Waals surface area (Å²) in [5.41, 5.74) is 0.998. The van der Waals surface area contributed by atoms with Gasteiger partial charge in [0.05, 0.1) is 0 Å². The van der Waals surface area contributed by atoms with E-state index in [1.165, 1.54) is 19.3 Å². The molecule has 0 bridgehead atoms. The molecule has 1 aliphatic carbocycles. The van der Waals surface area contributed by atoms with E-state index in [1.807, 2.05) is 12.1 Å². The van der Waals surface area contributed by atoms with Gasteiger partial charge in [-0.15, -0.1) is 0 Å². The molecule has 1 aromatic rings. The van der Waals surface area contributed by atoms with Crippen LogP contribution in [0.4, 0.5) is 0 Å². The molecule has 0 spiro atoms. The van der Waals surface area contributed by atoms with Crippen LogP contribution < -0.4 is 5.32 Å². The number of hydrogen-bond acceptors (Lipinski definition) is 2. The van der Waals surface area contributed by atoms with Crippen molar-refractivity contribution in [2.45, 2.75) is 38.6 Å². The summed E-state index contributed by atoms with van der Waals surface area (Å²) in [5, 5.41) is 13.4. The highest BCUT2D eigenvalue weighted by Gasteiger charge is 2.21. The highest BCUT2D eigenvalue weighted by atomic mass is 79.9. The van der Waals surface area contributed by atoms with Crippen LogP contribution in [0.25, 0.3) is 0 Å². The maximum atomic E-state index is 9.90. The van der Waals surface area contributed by atoms with E-state index in [0.29, 0.717) is 5.75 Å². The van der Waals surface area contributed by atoms with Crippen LogP contribution >= 0.6 is 15.9 Å². The Morgan fingerprint density at radius 1 is 1.47 bits per heavy atom. The highest BCUT2D eigenvalue weighted by Crippen LogP contribution is 2.33. The number of aromatic hydroxyl groups is 1. The lowest BCUT2D eigenvalue weighted by Crippen LogP contribution is -2.22. The fourth-order valence-corrected chi connectivity index (χ4v) is 2.53. The van der Waals surface area contributed by atoms with Crippen molar-refractivity contribution in [3.63, 3.8) is 0 Å². The van der Waals surface area contributed by atoms with Crippen molar-refractivity contribution < 1.29 is 5.11 Å². The molecule has 2 N–H and O–H groups in total. The van der Waals surface area contributed by atoms with E-state index in [9.17, 15) is 5.11 Å². The third-order valence-corrected chi connectivity index (χ3v) is 3.91. The van der Waals surface area contributed by atoms with Crippen LogP contribution in [0, 0.1) is 5.92 Å². The van der Waals surface area contributed by atoms with Gasteiger partial charge in [-0.25, -0.2) is 0 Å². The summed E-state index contributed by atoms with van der Waals surface area (Å²) in [7, 11) is 0. The number of phenols is 1. The predicted octanol–water partition coefficient (Wildman–Crippen LogP) is 4.00. The SMILES string of the molecule is CCC(NCCC1CC1)c1cc(Br)ccc1O. The minimum absolute atomic E-state index is 0.256. The van der Waals surface area contributed by atoms with Crippen molar-refractivity contribution in [1.29, 1.82) is 0 Å². The highest BCUT2D eigenvalue weighted by molar-refractivity contribution is 9.10. The van der Waals surface area contributed by atoms with Crippen LogP contribution in [0.1, 0.15) is 44.2 Å². The average Bonchev–Trinajstić information content (AvgIpc) is 3.12. The van der Waals surface area contributed by atoms with E-state index in [4.69, 9.17) is 0 Å². The second-order valence-corrected chi connectivity index (χ2v) is 5.77. The van der Waals surface area contributed by atoms with E-state index < -0.39 is 0 Å². The lowest BCUT2D eigenvalue weighted by Gasteiger charge is -2.18. The lowest BCUT2D eigenvalue weighted by molar-refractivity contribution is 0.437. The van der Waals surface area contributed by atoms with Crippen LogP contribution in [-0.2, 0) is 0 Å². The van der Waals surface area contributed by atoms with Crippen molar-refractivity contribution in [2.75, 3.05) is 6.54 Å². The second-order valence-electron chi connectivity index (χ2n) is 4.85. The van der Waals surface area contributed by atoms with E-state index in [-0.39, 0.29) is 6.04 Å². The molecule has 0 aromatic heterocycles. The molecule has 0 aliphatic heterocycles. The molecular weight excluding hydrogens is 278 g/mol. The fourth-order valence-electron chi connectivity index (χ4n) is 2.15. The fraction of sp³-hybridized carbons (Fsp3) is 0.571. The van der Waals surface area contributed by atoms with Gasteiger partial charge >= 0.3 is 0 Å². The smallest absolute Gasteiger partial charge is 0.120 e. The Hall–Kier alpha value is -0.540. The van der Waals surface area contributed by atoms with Gasteiger partial charge in [-0.3, -0.25) is 0 Å². The van der Waals surface area contributed by atoms with E-state index >= 15 is 0 Å². The number of rotatable bonds is 6. The molecule has 3 heteroatoms. The summed E-state index contributed by atoms with van der Waals surface area (Å²) in [6.45, 7) is 3.20. The molecule has 1 fully saturated rings. The van der Waals surface area contributed by atoms with Crippen molar-refractivity contribution in [3.05, 3.63) is 28.2 Å². The first-order valence-electron chi connectivity index (χ1n) is 6.42. The van der Waals surface area contributed by atoms with Gasteiger partial charge in [-0.1, -0.05) is 35.7 Å². The average molecular weight is 298 g/mol. The quantitative estimate of drug-likeness (QED) is 0.832. The Morgan fingerprint density at radius 3 is 2.88 bits per heavy atom. The number of phenolic OH excluding ortho intramolecular Hbond substituents is 1. The van der Waals surface area contributed by atoms with Gasteiger partial charge in [0.1, 0.15) is 5.75 Å². The summed E-state index contributed by atoms with van der Waals surface area (Å²) in [6, 6.07) is 5.89. The molecule has 0 heterocycles. The van der Waals surface area contributed by atoms with Crippen LogP contribution in [-0.4, -0.2) is 11.7 Å². The molecule has 2 nitrogen and oxygen atoms in total. The zero-order valence-corrected chi connectivity index (χ0v) is 11.8. The van der Waals surface area contributed by atoms with Gasteiger partial charge in [0.25, 0.3) is 0 Å². The standard InChI is InChI=1S/C14H20BrNO/c1-2-13(16-8-7-10-3-4-10)12-9-11(15)5-6-14(12)17/h5-6,9-10,13,16-17H,2-4,7-8H2,1H3. The Kier molecular flexibility index (Phi) is 4.46. The molecular formula is C14H20BrNO. The van der Waals surface area contributed by atoms with E-state index in [1.54, 1.807) is 6.07 Å². The second kappa shape index (κ2) is 5.87. The monoisotopic (exact) mass is 297 g/mol. The molecule has 1 unspecified atom stereocenters. The predicted molar refractivity (Wildman–Crippen MR) is 74.2 cm³/mol. The molecule has 1 atom stereocenters. The van der Waals surface area contributed by atoms with Crippen molar-refractivity contribution in [3.8, 4) is 5.75 Å². The molecule has 1 saturated carbocycles. The number of hydrogen-bond donors (Lipinski definition) is 2. The van der Waals surface area contributed by atoms with Crippen LogP contribution in [0.3, 0.4) is 0 Å². The van der Waals surface area contributed by atoms with Crippen LogP contribution in [0.5, 0.6) is 5.75 Å². The van der Waals surface area contributed by atoms with Gasteiger partial charge < -0.3 is 10.4 Å². The normalized spacial score (nSPS) is 17.1. The summed E-state index contributed by atoms with van der Waals surface area (Å²) in [6.07, 6.45) is 5.07. The largest absolute Gasteiger partial charge is 0.508 e. The van der Waals surface area contributed by atoms with E-state index in [0.717, 1.165) is 28.9 Å². The Balaban J connectivity index is 1.96. The summed E-state index contributed by atoms with van der Waals surface area (Å²) in [4.78, 5) is 0. The Bertz CT molecular complexity index is 376. The third kappa shape index (κ3) is 3.71. The first kappa shape index (κ1) is 12.9. The molecule has 1 aromatic carbocycles. The third-order valence-electron chi connectivity index (χ3n) is 3.41. The number of benzene rings is 1. The first-order valence-corrected chi connectivity index (χ1v) is 7.21. The maximum Gasteiger partial charge on any atom is 0.120 e. The molecule has 17 heavy (non-hydrogen) atoms. The minimum Gasteiger partial charge on any atom is -0.508 e. The Morgan fingerprint density at radius 2 is 2.24 bits per heavy atom. The van der Waals surface area contributed by atoms with Crippen molar-refractivity contribution >= 4 is 15.9 Å². The molecule has 0 saturated heterocycles. The summed E-state index contributed by atoms with van der Waals surface area (Å²) < 4.78 is 1.02. The number of halogens is 1. The molecule has 1 aliphatic rings. The summed E-state index contributed by atoms with van der Waals surface area (Å²) in [5.74, 6) is 1.34. The first-order chi connectivity index (χ1) is 8.20. The van der Waals surface area contributed by atoms with Gasteiger partial charge in [-0.2, -0.15) is 0 Å². The topological polar surface area (TPSA) is 32.3 Å². The molecule has 0 amide bonds. The minimum atomic E-state index is 0.256. The van der Waals surface area contributed by atoms with Gasteiger partial charge in [0, 0.05) is 16.1 Å². The van der Waals surface area contributed by atoms with Gasteiger partial charge in [0.2, 0.25) is 0 Å². The number of nitrogens with one attached hydrogen (secondary N) is 1. The van der Waals surface area contributed by atoms with Crippen molar-refractivity contribution in [2.24, 2.45) is 5.92 Å². The molecule has 0 radical (unpaired) electrons. The maximum absolute atomic E-state index is 9.90. The summed E-state index contributed by atoms with van der Waals surface area (Å²) >= 11 is 3.46. The van der Waals surface area contributed by atoms with Gasteiger partial charge in [-0.05, 0) is 43.5 Å². The van der Waals surface area contributed by atoms with E-state index in [2.05, 4.69) is 28.2 Å². The Labute approximate surface area is 112 Å². The lowest BCUT2D eigenvalue weighted by atomic mass is 10.0. The van der Waals surface area contributed by atoms with Crippen LogP contribution in [0.2, 0.25) is 0 Å². The zero-order chi connectivity index (χ0) is 12.3. The van der Waals surface area contributed by atoms with Crippen LogP contribution in [0.15, 0.2) is 22.7 Å².